The molecule has 2 rings (SSSR count). The molecule has 0 aliphatic heterocycles. The SMILES string of the molecule is Cc1csc([C@H](C)NC(=O)Nc2cc(F)c(N(C)C)c(F)c2)n1. The molecule has 2 amide bonds. The zero-order valence-corrected chi connectivity index (χ0v) is 14.1. The first-order chi connectivity index (χ1) is 10.8. The topological polar surface area (TPSA) is 57.3 Å². The molecule has 8 heteroatoms. The lowest BCUT2D eigenvalue weighted by atomic mass is 10.2. The number of aromatic nitrogens is 1. The monoisotopic (exact) mass is 340 g/mol. The summed E-state index contributed by atoms with van der Waals surface area (Å²) in [6, 6.07) is 1.30. The molecule has 23 heavy (non-hydrogen) atoms. The molecule has 1 aromatic carbocycles. The number of thiazole rings is 1. The van der Waals surface area contributed by atoms with Gasteiger partial charge in [-0.05, 0) is 26.0 Å². The minimum Gasteiger partial charge on any atom is -0.373 e. The molecular weight excluding hydrogens is 322 g/mol. The van der Waals surface area contributed by atoms with E-state index in [0.717, 1.165) is 22.8 Å². The second-order valence-corrected chi connectivity index (χ2v) is 6.22. The van der Waals surface area contributed by atoms with Crippen LogP contribution in [0.4, 0.5) is 25.0 Å². The molecule has 1 aromatic heterocycles. The molecule has 124 valence electrons. The highest BCUT2D eigenvalue weighted by atomic mass is 32.1. The van der Waals surface area contributed by atoms with Crippen LogP contribution < -0.4 is 15.5 Å². The number of carbonyl (C=O) groups excluding carboxylic acids is 1. The Hall–Kier alpha value is -2.22. The number of nitrogens with one attached hydrogen (secondary N) is 2. The van der Waals surface area contributed by atoms with Gasteiger partial charge in [0.1, 0.15) is 10.7 Å². The molecule has 0 saturated carbocycles. The van der Waals surface area contributed by atoms with Gasteiger partial charge in [-0.25, -0.2) is 18.6 Å². The molecule has 0 aliphatic rings. The smallest absolute Gasteiger partial charge is 0.319 e. The van der Waals surface area contributed by atoms with Crippen molar-refractivity contribution >= 4 is 28.7 Å². The summed E-state index contributed by atoms with van der Waals surface area (Å²) in [5.41, 5.74) is 0.774. The van der Waals surface area contributed by atoms with Gasteiger partial charge in [-0.15, -0.1) is 11.3 Å². The maximum atomic E-state index is 13.9. The molecule has 0 saturated heterocycles. The first-order valence-electron chi connectivity index (χ1n) is 6.94. The Labute approximate surface area is 137 Å². The molecule has 5 nitrogen and oxygen atoms in total. The number of urea groups is 1. The lowest BCUT2D eigenvalue weighted by molar-refractivity contribution is 0.249. The Morgan fingerprint density at radius 3 is 2.39 bits per heavy atom. The highest BCUT2D eigenvalue weighted by Gasteiger charge is 2.16. The molecule has 0 fully saturated rings. The van der Waals surface area contributed by atoms with E-state index >= 15 is 0 Å². The van der Waals surface area contributed by atoms with E-state index in [-0.39, 0.29) is 17.4 Å². The molecule has 0 unspecified atom stereocenters. The largest absolute Gasteiger partial charge is 0.373 e. The third-order valence-electron chi connectivity index (χ3n) is 3.08. The Bertz CT molecular complexity index is 694. The van der Waals surface area contributed by atoms with Crippen LogP contribution in [0.5, 0.6) is 0 Å². The summed E-state index contributed by atoms with van der Waals surface area (Å²) in [7, 11) is 3.08. The van der Waals surface area contributed by atoms with Crippen LogP contribution in [0.2, 0.25) is 0 Å². The molecule has 0 bridgehead atoms. The van der Waals surface area contributed by atoms with Crippen LogP contribution in [0.1, 0.15) is 23.7 Å². The summed E-state index contributed by atoms with van der Waals surface area (Å²) >= 11 is 1.44. The Balaban J connectivity index is 2.06. The van der Waals surface area contributed by atoms with Crippen LogP contribution in [0.3, 0.4) is 0 Å². The van der Waals surface area contributed by atoms with Crippen molar-refractivity contribution in [3.05, 3.63) is 39.8 Å². The second kappa shape index (κ2) is 6.91. The van der Waals surface area contributed by atoms with Gasteiger partial charge in [-0.3, -0.25) is 0 Å². The maximum absolute atomic E-state index is 13.9. The standard InChI is InChI=1S/C15H18F2N4OS/c1-8-7-23-14(18-8)9(2)19-15(22)20-10-5-11(16)13(21(3)4)12(17)6-10/h5-7,9H,1-4H3,(H2,19,20,22)/t9-/m0/s1. The van der Waals surface area contributed by atoms with Gasteiger partial charge < -0.3 is 15.5 Å². The Kier molecular flexibility index (Phi) is 5.15. The number of rotatable bonds is 4. The number of amides is 2. The predicted molar refractivity (Wildman–Crippen MR) is 88.1 cm³/mol. The van der Waals surface area contributed by atoms with Crippen LogP contribution in [0.15, 0.2) is 17.5 Å². The van der Waals surface area contributed by atoms with Crippen LogP contribution in [-0.4, -0.2) is 25.1 Å². The average molecular weight is 340 g/mol. The number of anilines is 2. The quantitative estimate of drug-likeness (QED) is 0.893. The first-order valence-corrected chi connectivity index (χ1v) is 7.81. The van der Waals surface area contributed by atoms with Crippen molar-refractivity contribution in [2.45, 2.75) is 19.9 Å². The summed E-state index contributed by atoms with van der Waals surface area (Å²) in [5.74, 6) is -1.48. The van der Waals surface area contributed by atoms with Gasteiger partial charge in [0, 0.05) is 30.9 Å². The van der Waals surface area contributed by atoms with Gasteiger partial charge in [-0.1, -0.05) is 0 Å². The fourth-order valence-corrected chi connectivity index (χ4v) is 2.87. The Morgan fingerprint density at radius 2 is 1.91 bits per heavy atom. The van der Waals surface area contributed by atoms with Crippen molar-refractivity contribution in [1.29, 1.82) is 0 Å². The molecule has 0 aliphatic carbocycles. The van der Waals surface area contributed by atoms with Gasteiger partial charge >= 0.3 is 6.03 Å². The lowest BCUT2D eigenvalue weighted by Gasteiger charge is -2.16. The minimum absolute atomic E-state index is 0.0469. The predicted octanol–water partition coefficient (Wildman–Crippen LogP) is 3.68. The first kappa shape index (κ1) is 17.1. The molecule has 0 radical (unpaired) electrons. The van der Waals surface area contributed by atoms with Crippen molar-refractivity contribution in [2.24, 2.45) is 0 Å². The lowest BCUT2D eigenvalue weighted by Crippen LogP contribution is -2.31. The molecule has 1 heterocycles. The van der Waals surface area contributed by atoms with Crippen LogP contribution >= 0.6 is 11.3 Å². The van der Waals surface area contributed by atoms with E-state index in [9.17, 15) is 13.6 Å². The number of aryl methyl sites for hydroxylation is 1. The number of hydrogen-bond acceptors (Lipinski definition) is 4. The third-order valence-corrected chi connectivity index (χ3v) is 4.22. The molecule has 1 atom stereocenters. The highest BCUT2D eigenvalue weighted by Crippen LogP contribution is 2.25. The number of nitrogens with zero attached hydrogens (tertiary/aromatic N) is 2. The summed E-state index contributed by atoms with van der Waals surface area (Å²) in [4.78, 5) is 17.6. The fourth-order valence-electron chi connectivity index (χ4n) is 2.06. The summed E-state index contributed by atoms with van der Waals surface area (Å²) < 4.78 is 27.8. The minimum atomic E-state index is -0.742. The zero-order chi connectivity index (χ0) is 17.1. The Morgan fingerprint density at radius 1 is 1.30 bits per heavy atom. The van der Waals surface area contributed by atoms with Crippen LogP contribution in [0, 0.1) is 18.6 Å². The van der Waals surface area contributed by atoms with Crippen LogP contribution in [-0.2, 0) is 0 Å². The summed E-state index contributed by atoms with van der Waals surface area (Å²) in [6.45, 7) is 3.65. The van der Waals surface area contributed by atoms with E-state index in [0.29, 0.717) is 0 Å². The van der Waals surface area contributed by atoms with Crippen molar-refractivity contribution in [1.82, 2.24) is 10.3 Å². The van der Waals surface area contributed by atoms with Crippen molar-refractivity contribution in [2.75, 3.05) is 24.3 Å². The van der Waals surface area contributed by atoms with E-state index in [1.165, 1.54) is 16.2 Å². The second-order valence-electron chi connectivity index (χ2n) is 5.33. The van der Waals surface area contributed by atoms with Gasteiger partial charge in [0.2, 0.25) is 0 Å². The molecule has 0 spiro atoms. The number of benzene rings is 1. The normalized spacial score (nSPS) is 11.9. The fraction of sp³-hybridized carbons (Fsp3) is 0.333. The number of hydrogen-bond donors (Lipinski definition) is 2. The number of halogens is 2. The third kappa shape index (κ3) is 4.16. The van der Waals surface area contributed by atoms with Gasteiger partial charge in [0.15, 0.2) is 11.6 Å². The maximum Gasteiger partial charge on any atom is 0.319 e. The van der Waals surface area contributed by atoms with Crippen LogP contribution in [0.25, 0.3) is 0 Å². The van der Waals surface area contributed by atoms with Crippen molar-refractivity contribution < 1.29 is 13.6 Å². The van der Waals surface area contributed by atoms with E-state index in [2.05, 4.69) is 15.6 Å². The van der Waals surface area contributed by atoms with Gasteiger partial charge in [0.05, 0.1) is 6.04 Å². The van der Waals surface area contributed by atoms with E-state index in [4.69, 9.17) is 0 Å². The van der Waals surface area contributed by atoms with Crippen molar-refractivity contribution in [3.63, 3.8) is 0 Å². The van der Waals surface area contributed by atoms with E-state index in [1.807, 2.05) is 12.3 Å². The highest BCUT2D eigenvalue weighted by molar-refractivity contribution is 7.09. The van der Waals surface area contributed by atoms with E-state index in [1.54, 1.807) is 21.0 Å². The number of carbonyl (C=O) groups is 1. The zero-order valence-electron chi connectivity index (χ0n) is 13.3. The summed E-state index contributed by atoms with van der Waals surface area (Å²) in [5, 5.41) is 7.75. The molecule has 2 aromatic rings. The summed E-state index contributed by atoms with van der Waals surface area (Å²) in [6.07, 6.45) is 0. The van der Waals surface area contributed by atoms with Gasteiger partial charge in [0.25, 0.3) is 0 Å². The molecular formula is C15H18F2N4OS. The van der Waals surface area contributed by atoms with Crippen molar-refractivity contribution in [3.8, 4) is 0 Å². The average Bonchev–Trinajstić information content (AvgIpc) is 2.83. The van der Waals surface area contributed by atoms with E-state index < -0.39 is 17.7 Å². The van der Waals surface area contributed by atoms with Gasteiger partial charge in [-0.2, -0.15) is 0 Å². The molecule has 2 N–H and O–H groups in total.